The van der Waals surface area contributed by atoms with Gasteiger partial charge >= 0.3 is 0 Å². The molecule has 0 aromatic rings. The zero-order valence-electron chi connectivity index (χ0n) is 9.45. The van der Waals surface area contributed by atoms with Crippen molar-refractivity contribution in [3.8, 4) is 0 Å². The SMILES string of the molecule is CCS(=O)CCNCC1CC2C=CC1C2. The average Bonchev–Trinajstić information content (AvgIpc) is 2.85. The van der Waals surface area contributed by atoms with Gasteiger partial charge in [0.25, 0.3) is 0 Å². The molecule has 3 heteroatoms. The molecule has 2 aliphatic carbocycles. The van der Waals surface area contributed by atoms with E-state index in [4.69, 9.17) is 0 Å². The van der Waals surface area contributed by atoms with E-state index in [9.17, 15) is 4.21 Å². The molecular formula is C12H21NOS. The van der Waals surface area contributed by atoms with Crippen LogP contribution in [-0.2, 0) is 10.8 Å². The summed E-state index contributed by atoms with van der Waals surface area (Å²) in [4.78, 5) is 0. The molecule has 4 atom stereocenters. The number of allylic oxidation sites excluding steroid dienone is 2. The molecule has 0 saturated heterocycles. The monoisotopic (exact) mass is 227 g/mol. The first-order valence-electron chi connectivity index (χ1n) is 6.03. The van der Waals surface area contributed by atoms with Crippen LogP contribution in [0.2, 0.25) is 0 Å². The Hall–Kier alpha value is -0.150. The van der Waals surface area contributed by atoms with Gasteiger partial charge in [0.05, 0.1) is 0 Å². The second kappa shape index (κ2) is 5.26. The highest BCUT2D eigenvalue weighted by Crippen LogP contribution is 2.42. The molecule has 15 heavy (non-hydrogen) atoms. The quantitative estimate of drug-likeness (QED) is 0.551. The molecular weight excluding hydrogens is 206 g/mol. The fourth-order valence-electron chi connectivity index (χ4n) is 2.75. The standard InChI is InChI=1S/C12H21NOS/c1-2-15(14)6-5-13-9-12-8-10-3-4-11(12)7-10/h3-4,10-13H,2,5-9H2,1H3. The maximum atomic E-state index is 11.2. The van der Waals surface area contributed by atoms with E-state index in [0.717, 1.165) is 42.3 Å². The second-order valence-electron chi connectivity index (χ2n) is 4.68. The summed E-state index contributed by atoms with van der Waals surface area (Å²) < 4.78 is 11.2. The van der Waals surface area contributed by atoms with E-state index in [1.807, 2.05) is 6.92 Å². The molecule has 0 aromatic carbocycles. The zero-order valence-corrected chi connectivity index (χ0v) is 10.3. The molecule has 0 radical (unpaired) electrons. The fourth-order valence-corrected chi connectivity index (χ4v) is 3.41. The van der Waals surface area contributed by atoms with Crippen molar-refractivity contribution in [3.05, 3.63) is 12.2 Å². The van der Waals surface area contributed by atoms with E-state index < -0.39 is 10.8 Å². The largest absolute Gasteiger partial charge is 0.316 e. The molecule has 2 aliphatic rings. The third-order valence-electron chi connectivity index (χ3n) is 3.65. The molecule has 1 saturated carbocycles. The van der Waals surface area contributed by atoms with Crippen molar-refractivity contribution in [3.63, 3.8) is 0 Å². The minimum atomic E-state index is -0.608. The van der Waals surface area contributed by atoms with Gasteiger partial charge in [-0.25, -0.2) is 0 Å². The Morgan fingerprint density at radius 1 is 1.40 bits per heavy atom. The van der Waals surface area contributed by atoms with Gasteiger partial charge in [-0.15, -0.1) is 0 Å². The van der Waals surface area contributed by atoms with Gasteiger partial charge in [0, 0.05) is 28.9 Å². The maximum Gasteiger partial charge on any atom is 0.0359 e. The van der Waals surface area contributed by atoms with Crippen LogP contribution in [0.5, 0.6) is 0 Å². The van der Waals surface area contributed by atoms with Crippen LogP contribution >= 0.6 is 0 Å². The summed E-state index contributed by atoms with van der Waals surface area (Å²) in [6, 6.07) is 0. The predicted molar refractivity (Wildman–Crippen MR) is 65.3 cm³/mol. The molecule has 0 heterocycles. The molecule has 0 aliphatic heterocycles. The third-order valence-corrected chi connectivity index (χ3v) is 4.95. The lowest BCUT2D eigenvalue weighted by Gasteiger charge is -2.18. The van der Waals surface area contributed by atoms with Gasteiger partial charge in [-0.2, -0.15) is 0 Å². The average molecular weight is 227 g/mol. The molecule has 0 spiro atoms. The number of hydrogen-bond acceptors (Lipinski definition) is 2. The van der Waals surface area contributed by atoms with Crippen molar-refractivity contribution in [1.82, 2.24) is 5.32 Å². The van der Waals surface area contributed by atoms with Crippen molar-refractivity contribution in [2.75, 3.05) is 24.6 Å². The van der Waals surface area contributed by atoms with Crippen molar-refractivity contribution in [1.29, 1.82) is 0 Å². The third kappa shape index (κ3) is 2.91. The highest BCUT2D eigenvalue weighted by atomic mass is 32.2. The highest BCUT2D eigenvalue weighted by Gasteiger charge is 2.34. The molecule has 0 amide bonds. The van der Waals surface area contributed by atoms with E-state index >= 15 is 0 Å². The number of hydrogen-bond donors (Lipinski definition) is 1. The lowest BCUT2D eigenvalue weighted by atomic mass is 9.94. The van der Waals surface area contributed by atoms with Crippen molar-refractivity contribution < 1.29 is 4.21 Å². The smallest absolute Gasteiger partial charge is 0.0359 e. The van der Waals surface area contributed by atoms with Crippen LogP contribution in [0.25, 0.3) is 0 Å². The Morgan fingerprint density at radius 2 is 2.27 bits per heavy atom. The summed E-state index contributed by atoms with van der Waals surface area (Å²) in [5, 5.41) is 3.45. The van der Waals surface area contributed by atoms with Crippen LogP contribution in [0.4, 0.5) is 0 Å². The summed E-state index contributed by atoms with van der Waals surface area (Å²) in [6.07, 6.45) is 7.52. The van der Waals surface area contributed by atoms with Crippen LogP contribution in [0.15, 0.2) is 12.2 Å². The van der Waals surface area contributed by atoms with Crippen LogP contribution in [0.1, 0.15) is 19.8 Å². The fraction of sp³-hybridized carbons (Fsp3) is 0.833. The summed E-state index contributed by atoms with van der Waals surface area (Å²) in [5.74, 6) is 4.15. The van der Waals surface area contributed by atoms with Crippen molar-refractivity contribution in [2.45, 2.75) is 19.8 Å². The van der Waals surface area contributed by atoms with Crippen molar-refractivity contribution in [2.24, 2.45) is 17.8 Å². The van der Waals surface area contributed by atoms with Crippen molar-refractivity contribution >= 4 is 10.8 Å². The summed E-state index contributed by atoms with van der Waals surface area (Å²) in [6.45, 7) is 4.02. The Bertz CT molecular complexity index is 264. The van der Waals surface area contributed by atoms with Crippen LogP contribution in [-0.4, -0.2) is 28.8 Å². The first kappa shape index (κ1) is 11.3. The van der Waals surface area contributed by atoms with Gasteiger partial charge in [-0.3, -0.25) is 4.21 Å². The first-order valence-corrected chi connectivity index (χ1v) is 7.52. The van der Waals surface area contributed by atoms with Gasteiger partial charge in [-0.1, -0.05) is 19.1 Å². The second-order valence-corrected chi connectivity index (χ2v) is 6.54. The lowest BCUT2D eigenvalue weighted by molar-refractivity contribution is 0.420. The Kier molecular flexibility index (Phi) is 3.98. The molecule has 1 fully saturated rings. The summed E-state index contributed by atoms with van der Waals surface area (Å²) >= 11 is 0. The minimum absolute atomic E-state index is 0.608. The number of nitrogens with one attached hydrogen (secondary N) is 1. The van der Waals surface area contributed by atoms with Gasteiger partial charge in [0.2, 0.25) is 0 Å². The minimum Gasteiger partial charge on any atom is -0.316 e. The van der Waals surface area contributed by atoms with E-state index in [0.29, 0.717) is 0 Å². The molecule has 86 valence electrons. The molecule has 1 N–H and O–H groups in total. The Labute approximate surface area is 95.0 Å². The van der Waals surface area contributed by atoms with E-state index in [1.54, 1.807) is 0 Å². The van der Waals surface area contributed by atoms with Gasteiger partial charge < -0.3 is 5.32 Å². The predicted octanol–water partition coefficient (Wildman–Crippen LogP) is 1.56. The highest BCUT2D eigenvalue weighted by molar-refractivity contribution is 7.84. The van der Waals surface area contributed by atoms with Gasteiger partial charge in [0.1, 0.15) is 0 Å². The van der Waals surface area contributed by atoms with E-state index in [1.165, 1.54) is 12.8 Å². The molecule has 0 aromatic heterocycles. The Morgan fingerprint density at radius 3 is 2.87 bits per heavy atom. The van der Waals surface area contributed by atoms with Gasteiger partial charge in [-0.05, 0) is 37.1 Å². The first-order chi connectivity index (χ1) is 7.29. The van der Waals surface area contributed by atoms with Gasteiger partial charge in [0.15, 0.2) is 0 Å². The normalized spacial score (nSPS) is 34.9. The lowest BCUT2D eigenvalue weighted by Crippen LogP contribution is -2.28. The van der Waals surface area contributed by atoms with Crippen LogP contribution < -0.4 is 5.32 Å². The molecule has 2 nitrogen and oxygen atoms in total. The summed E-state index contributed by atoms with van der Waals surface area (Å²) in [5.41, 5.74) is 0. The molecule has 2 rings (SSSR count). The maximum absolute atomic E-state index is 11.2. The van der Waals surface area contributed by atoms with Crippen LogP contribution in [0.3, 0.4) is 0 Å². The molecule has 4 unspecified atom stereocenters. The Balaban J connectivity index is 1.59. The zero-order chi connectivity index (χ0) is 10.7. The number of rotatable bonds is 6. The van der Waals surface area contributed by atoms with E-state index in [-0.39, 0.29) is 0 Å². The van der Waals surface area contributed by atoms with Crippen LogP contribution in [0, 0.1) is 17.8 Å². The number of fused-ring (bicyclic) bond motifs is 2. The topological polar surface area (TPSA) is 29.1 Å². The summed E-state index contributed by atoms with van der Waals surface area (Å²) in [7, 11) is -0.608. The van der Waals surface area contributed by atoms with E-state index in [2.05, 4.69) is 17.5 Å². The molecule has 2 bridgehead atoms.